The number of carboxylic acid groups (broad SMARTS) is 1. The van der Waals surface area contributed by atoms with Gasteiger partial charge in [0.25, 0.3) is 0 Å². The Bertz CT molecular complexity index is 406. The number of hydrogen-bond acceptors (Lipinski definition) is 3. The number of rotatable bonds is 5. The molecule has 1 atom stereocenters. The molecule has 1 rings (SSSR count). The molecule has 0 bridgehead atoms. The molecule has 0 saturated heterocycles. The lowest BCUT2D eigenvalue weighted by Crippen LogP contribution is -2.52. The summed E-state index contributed by atoms with van der Waals surface area (Å²) in [5.41, 5.74) is 5.09. The second kappa shape index (κ2) is 4.78. The molecule has 0 aliphatic carbocycles. The first kappa shape index (κ1) is 14.2. The Morgan fingerprint density at radius 3 is 2.35 bits per heavy atom. The summed E-state index contributed by atoms with van der Waals surface area (Å²) in [4.78, 5) is 13.4. The topological polar surface area (TPSA) is 63.3 Å². The van der Waals surface area contributed by atoms with Crippen LogP contribution in [0.15, 0.2) is 12.1 Å². The fourth-order valence-corrected chi connectivity index (χ4v) is 3.06. The summed E-state index contributed by atoms with van der Waals surface area (Å²) < 4.78 is 0. The molecule has 4 heteroatoms. The van der Waals surface area contributed by atoms with E-state index in [2.05, 4.69) is 13.0 Å². The molecule has 1 aromatic heterocycles. The highest BCUT2D eigenvalue weighted by Gasteiger charge is 2.42. The molecule has 1 heterocycles. The van der Waals surface area contributed by atoms with Gasteiger partial charge in [-0.25, -0.2) is 0 Å². The van der Waals surface area contributed by atoms with Gasteiger partial charge in [0, 0.05) is 20.7 Å². The Kier molecular flexibility index (Phi) is 3.99. The Balaban J connectivity index is 3.18. The normalized spacial score (nSPS) is 15.6. The number of carbonyl (C=O) groups is 1. The zero-order chi connectivity index (χ0) is 13.3. The van der Waals surface area contributed by atoms with Gasteiger partial charge < -0.3 is 10.8 Å². The lowest BCUT2D eigenvalue weighted by atomic mass is 9.70. The Morgan fingerprint density at radius 2 is 2.00 bits per heavy atom. The van der Waals surface area contributed by atoms with Crippen LogP contribution in [0.5, 0.6) is 0 Å². The zero-order valence-electron chi connectivity index (χ0n) is 10.9. The van der Waals surface area contributed by atoms with Gasteiger partial charge in [0.2, 0.25) is 0 Å². The van der Waals surface area contributed by atoms with E-state index in [1.54, 1.807) is 11.3 Å². The molecule has 96 valence electrons. The van der Waals surface area contributed by atoms with E-state index < -0.39 is 16.9 Å². The highest BCUT2D eigenvalue weighted by atomic mass is 32.1. The molecule has 3 N–H and O–H groups in total. The number of thiophene rings is 1. The Morgan fingerprint density at radius 1 is 1.41 bits per heavy atom. The largest absolute Gasteiger partial charge is 0.481 e. The maximum Gasteiger partial charge on any atom is 0.304 e. The van der Waals surface area contributed by atoms with Crippen molar-refractivity contribution < 1.29 is 9.90 Å². The summed E-state index contributed by atoms with van der Waals surface area (Å²) in [6, 6.07) is 4.08. The Hall–Kier alpha value is -0.870. The molecule has 0 amide bonds. The van der Waals surface area contributed by atoms with Crippen molar-refractivity contribution in [1.29, 1.82) is 0 Å². The lowest BCUT2D eigenvalue weighted by molar-refractivity contribution is -0.139. The molecule has 0 spiro atoms. The van der Waals surface area contributed by atoms with E-state index in [0.717, 1.165) is 11.3 Å². The predicted molar refractivity (Wildman–Crippen MR) is 71.6 cm³/mol. The van der Waals surface area contributed by atoms with Crippen LogP contribution in [0, 0.1) is 0 Å². The van der Waals surface area contributed by atoms with E-state index in [-0.39, 0.29) is 6.42 Å². The van der Waals surface area contributed by atoms with E-state index in [1.165, 1.54) is 4.88 Å². The molecular formula is C13H21NO2S. The lowest BCUT2D eigenvalue weighted by Gasteiger charge is -2.40. The third-order valence-corrected chi connectivity index (χ3v) is 4.97. The van der Waals surface area contributed by atoms with E-state index in [9.17, 15) is 4.79 Å². The molecule has 0 aliphatic heterocycles. The summed E-state index contributed by atoms with van der Waals surface area (Å²) in [5.74, 6) is -0.808. The van der Waals surface area contributed by atoms with Crippen molar-refractivity contribution in [2.24, 2.45) is 5.73 Å². The van der Waals surface area contributed by atoms with Crippen molar-refractivity contribution in [1.82, 2.24) is 0 Å². The molecular weight excluding hydrogens is 234 g/mol. The number of carboxylic acids is 1. The van der Waals surface area contributed by atoms with Gasteiger partial charge in [0.1, 0.15) is 0 Å². The van der Waals surface area contributed by atoms with Gasteiger partial charge in [0.05, 0.1) is 6.42 Å². The van der Waals surface area contributed by atoms with Gasteiger partial charge in [-0.3, -0.25) is 4.79 Å². The number of aliphatic carboxylic acids is 1. The first-order valence-electron chi connectivity index (χ1n) is 5.80. The van der Waals surface area contributed by atoms with Crippen LogP contribution in [-0.4, -0.2) is 16.6 Å². The average molecular weight is 255 g/mol. The minimum Gasteiger partial charge on any atom is -0.481 e. The number of hydrogen-bond donors (Lipinski definition) is 2. The summed E-state index contributed by atoms with van der Waals surface area (Å²) >= 11 is 1.67. The summed E-state index contributed by atoms with van der Waals surface area (Å²) in [7, 11) is 0. The minimum atomic E-state index is -0.808. The second-order valence-corrected chi connectivity index (χ2v) is 6.41. The SMILES string of the molecule is CCc1ccc(C(C)(CC(=O)O)C(C)(C)N)s1. The second-order valence-electron chi connectivity index (χ2n) is 5.24. The monoisotopic (exact) mass is 255 g/mol. The quantitative estimate of drug-likeness (QED) is 0.850. The van der Waals surface area contributed by atoms with E-state index in [4.69, 9.17) is 10.8 Å². The molecule has 0 saturated carbocycles. The average Bonchev–Trinajstić information content (AvgIpc) is 2.62. The van der Waals surface area contributed by atoms with Crippen molar-refractivity contribution in [3.8, 4) is 0 Å². The number of aryl methyl sites for hydroxylation is 1. The minimum absolute atomic E-state index is 0.0557. The van der Waals surface area contributed by atoms with E-state index in [0.29, 0.717) is 0 Å². The van der Waals surface area contributed by atoms with Gasteiger partial charge >= 0.3 is 5.97 Å². The van der Waals surface area contributed by atoms with Gasteiger partial charge in [0.15, 0.2) is 0 Å². The van der Waals surface area contributed by atoms with Crippen molar-refractivity contribution in [2.75, 3.05) is 0 Å². The molecule has 0 aliphatic rings. The first-order chi connectivity index (χ1) is 7.70. The molecule has 1 aromatic rings. The number of nitrogens with two attached hydrogens (primary N) is 1. The van der Waals surface area contributed by atoms with Gasteiger partial charge in [-0.15, -0.1) is 11.3 Å². The molecule has 0 aromatic carbocycles. The van der Waals surface area contributed by atoms with Crippen LogP contribution in [0.25, 0.3) is 0 Å². The van der Waals surface area contributed by atoms with E-state index >= 15 is 0 Å². The highest BCUT2D eigenvalue weighted by Crippen LogP contribution is 2.40. The zero-order valence-corrected chi connectivity index (χ0v) is 11.7. The van der Waals surface area contributed by atoms with Crippen LogP contribution >= 0.6 is 11.3 Å². The first-order valence-corrected chi connectivity index (χ1v) is 6.62. The smallest absolute Gasteiger partial charge is 0.304 e. The molecule has 0 radical (unpaired) electrons. The van der Waals surface area contributed by atoms with Crippen LogP contribution in [0.4, 0.5) is 0 Å². The van der Waals surface area contributed by atoms with Crippen LogP contribution in [0.2, 0.25) is 0 Å². The van der Waals surface area contributed by atoms with Crippen molar-refractivity contribution in [2.45, 2.75) is 51.5 Å². The molecule has 1 unspecified atom stereocenters. The van der Waals surface area contributed by atoms with Crippen molar-refractivity contribution >= 4 is 17.3 Å². The van der Waals surface area contributed by atoms with Gasteiger partial charge in [-0.2, -0.15) is 0 Å². The third kappa shape index (κ3) is 2.87. The fraction of sp³-hybridized carbons (Fsp3) is 0.615. The van der Waals surface area contributed by atoms with Gasteiger partial charge in [-0.1, -0.05) is 13.8 Å². The fourth-order valence-electron chi connectivity index (χ4n) is 1.80. The summed E-state index contributed by atoms with van der Waals surface area (Å²) in [6.07, 6.45) is 1.03. The van der Waals surface area contributed by atoms with Crippen molar-refractivity contribution in [3.05, 3.63) is 21.9 Å². The Labute approximate surface area is 107 Å². The van der Waals surface area contributed by atoms with Crippen LogP contribution in [0.1, 0.15) is 43.9 Å². The molecule has 17 heavy (non-hydrogen) atoms. The van der Waals surface area contributed by atoms with Crippen LogP contribution in [0.3, 0.4) is 0 Å². The molecule has 3 nitrogen and oxygen atoms in total. The third-order valence-electron chi connectivity index (χ3n) is 3.48. The summed E-state index contributed by atoms with van der Waals surface area (Å²) in [6.45, 7) is 7.81. The van der Waals surface area contributed by atoms with Gasteiger partial charge in [-0.05, 0) is 32.4 Å². The standard InChI is InChI=1S/C13H21NO2S/c1-5-9-6-7-10(17-9)13(4,8-11(15)16)12(2,3)14/h6-7H,5,8,14H2,1-4H3,(H,15,16). The van der Waals surface area contributed by atoms with Crippen LogP contribution in [-0.2, 0) is 16.6 Å². The highest BCUT2D eigenvalue weighted by molar-refractivity contribution is 7.12. The predicted octanol–water partition coefficient (Wildman–Crippen LogP) is 2.78. The van der Waals surface area contributed by atoms with Crippen LogP contribution < -0.4 is 5.73 Å². The van der Waals surface area contributed by atoms with E-state index in [1.807, 2.05) is 26.8 Å². The maximum absolute atomic E-state index is 11.1. The molecule has 0 fully saturated rings. The maximum atomic E-state index is 11.1. The summed E-state index contributed by atoms with van der Waals surface area (Å²) in [5, 5.41) is 9.09. The van der Waals surface area contributed by atoms with Crippen molar-refractivity contribution in [3.63, 3.8) is 0 Å².